The molecular formula is C8H15NO3. The van der Waals surface area contributed by atoms with E-state index in [4.69, 9.17) is 15.2 Å². The van der Waals surface area contributed by atoms with Gasteiger partial charge in [-0.2, -0.15) is 0 Å². The van der Waals surface area contributed by atoms with Crippen molar-refractivity contribution in [3.63, 3.8) is 0 Å². The molecule has 0 unspecified atom stereocenters. The van der Waals surface area contributed by atoms with Crippen LogP contribution in [0.25, 0.3) is 0 Å². The molecule has 0 amide bonds. The van der Waals surface area contributed by atoms with Gasteiger partial charge in [-0.25, -0.2) is 0 Å². The molecule has 2 rings (SSSR count). The Labute approximate surface area is 71.6 Å². The molecule has 1 saturated heterocycles. The first-order valence-corrected chi connectivity index (χ1v) is 4.29. The van der Waals surface area contributed by atoms with E-state index in [0.29, 0.717) is 6.42 Å². The van der Waals surface area contributed by atoms with E-state index in [1.165, 1.54) is 0 Å². The van der Waals surface area contributed by atoms with Gasteiger partial charge in [0.05, 0.1) is 6.10 Å². The van der Waals surface area contributed by atoms with Crippen LogP contribution in [0.1, 0.15) is 20.3 Å². The molecule has 12 heavy (non-hydrogen) atoms. The number of hydrogen-bond donors (Lipinski definition) is 2. The van der Waals surface area contributed by atoms with Gasteiger partial charge in [0.2, 0.25) is 0 Å². The molecule has 4 nitrogen and oxygen atoms in total. The number of aliphatic hydroxyl groups excluding tert-OH is 1. The summed E-state index contributed by atoms with van der Waals surface area (Å²) in [5.74, 6) is -0.589. The third kappa shape index (κ3) is 1.15. The van der Waals surface area contributed by atoms with Gasteiger partial charge >= 0.3 is 0 Å². The predicted octanol–water partition coefficient (Wildman–Crippen LogP) is -0.402. The highest BCUT2D eigenvalue weighted by molar-refractivity contribution is 5.00. The number of nitrogens with two attached hydrogens (primary N) is 1. The molecule has 1 aliphatic carbocycles. The molecule has 4 atom stereocenters. The van der Waals surface area contributed by atoms with Crippen LogP contribution in [-0.2, 0) is 9.47 Å². The first kappa shape index (κ1) is 8.44. The van der Waals surface area contributed by atoms with Crippen LogP contribution in [0.3, 0.4) is 0 Å². The third-order valence-electron chi connectivity index (χ3n) is 2.48. The highest BCUT2D eigenvalue weighted by Gasteiger charge is 2.52. The Morgan fingerprint density at radius 1 is 1.33 bits per heavy atom. The van der Waals surface area contributed by atoms with E-state index in [1.807, 2.05) is 13.8 Å². The summed E-state index contributed by atoms with van der Waals surface area (Å²) in [5.41, 5.74) is 5.77. The van der Waals surface area contributed by atoms with E-state index >= 15 is 0 Å². The van der Waals surface area contributed by atoms with Crippen LogP contribution in [-0.4, -0.2) is 35.2 Å². The Morgan fingerprint density at radius 2 is 1.92 bits per heavy atom. The zero-order valence-corrected chi connectivity index (χ0v) is 7.36. The highest BCUT2D eigenvalue weighted by Crippen LogP contribution is 2.37. The van der Waals surface area contributed by atoms with Crippen LogP contribution in [0.5, 0.6) is 0 Å². The van der Waals surface area contributed by atoms with Crippen molar-refractivity contribution in [2.75, 3.05) is 0 Å². The van der Waals surface area contributed by atoms with E-state index in [9.17, 15) is 5.11 Å². The summed E-state index contributed by atoms with van der Waals surface area (Å²) >= 11 is 0. The second kappa shape index (κ2) is 2.42. The number of ether oxygens (including phenoxy) is 2. The van der Waals surface area contributed by atoms with Gasteiger partial charge in [-0.1, -0.05) is 0 Å². The maximum absolute atomic E-state index is 9.52. The summed E-state index contributed by atoms with van der Waals surface area (Å²) in [6.07, 6.45) is -0.248. The summed E-state index contributed by atoms with van der Waals surface area (Å²) in [6.45, 7) is 3.68. The lowest BCUT2D eigenvalue weighted by atomic mass is 10.2. The summed E-state index contributed by atoms with van der Waals surface area (Å²) < 4.78 is 11.1. The molecule has 1 saturated carbocycles. The van der Waals surface area contributed by atoms with Gasteiger partial charge < -0.3 is 20.3 Å². The van der Waals surface area contributed by atoms with Crippen molar-refractivity contribution in [1.82, 2.24) is 0 Å². The molecule has 0 aromatic heterocycles. The number of fused-ring (bicyclic) bond motifs is 1. The Kier molecular flexibility index (Phi) is 1.70. The monoisotopic (exact) mass is 173 g/mol. The number of rotatable bonds is 0. The second-order valence-electron chi connectivity index (χ2n) is 4.03. The van der Waals surface area contributed by atoms with E-state index < -0.39 is 11.9 Å². The zero-order valence-electron chi connectivity index (χ0n) is 7.36. The van der Waals surface area contributed by atoms with Crippen LogP contribution in [0.2, 0.25) is 0 Å². The van der Waals surface area contributed by atoms with E-state index in [2.05, 4.69) is 0 Å². The second-order valence-corrected chi connectivity index (χ2v) is 4.03. The normalized spacial score (nSPS) is 51.0. The Morgan fingerprint density at radius 3 is 2.50 bits per heavy atom. The smallest absolute Gasteiger partial charge is 0.163 e. The van der Waals surface area contributed by atoms with Crippen molar-refractivity contribution in [2.24, 2.45) is 5.73 Å². The lowest BCUT2D eigenvalue weighted by Crippen LogP contribution is -2.35. The van der Waals surface area contributed by atoms with Crippen molar-refractivity contribution in [3.05, 3.63) is 0 Å². The Hall–Kier alpha value is -0.160. The van der Waals surface area contributed by atoms with Crippen LogP contribution in [0.4, 0.5) is 0 Å². The van der Waals surface area contributed by atoms with Crippen molar-refractivity contribution in [1.29, 1.82) is 0 Å². The maximum Gasteiger partial charge on any atom is 0.163 e. The van der Waals surface area contributed by atoms with Gasteiger partial charge in [0.1, 0.15) is 12.2 Å². The van der Waals surface area contributed by atoms with Crippen LogP contribution in [0, 0.1) is 0 Å². The van der Waals surface area contributed by atoms with Crippen LogP contribution >= 0.6 is 0 Å². The molecule has 1 aliphatic heterocycles. The number of aliphatic hydroxyl groups is 1. The fourth-order valence-corrected chi connectivity index (χ4v) is 1.99. The van der Waals surface area contributed by atoms with Gasteiger partial charge in [-0.05, 0) is 20.3 Å². The van der Waals surface area contributed by atoms with E-state index in [-0.39, 0.29) is 18.2 Å². The Balaban J connectivity index is 2.15. The topological polar surface area (TPSA) is 64.7 Å². The van der Waals surface area contributed by atoms with Crippen molar-refractivity contribution < 1.29 is 14.6 Å². The minimum Gasteiger partial charge on any atom is -0.390 e. The van der Waals surface area contributed by atoms with Gasteiger partial charge in [0, 0.05) is 6.04 Å². The van der Waals surface area contributed by atoms with Gasteiger partial charge in [0.25, 0.3) is 0 Å². The lowest BCUT2D eigenvalue weighted by Gasteiger charge is -2.20. The molecule has 1 heterocycles. The summed E-state index contributed by atoms with van der Waals surface area (Å²) in [5, 5.41) is 9.52. The van der Waals surface area contributed by atoms with Crippen LogP contribution in [0.15, 0.2) is 0 Å². The maximum atomic E-state index is 9.52. The molecule has 2 aliphatic rings. The molecule has 0 aromatic rings. The fraction of sp³-hybridized carbons (Fsp3) is 1.00. The fourth-order valence-electron chi connectivity index (χ4n) is 1.99. The molecule has 2 fully saturated rings. The summed E-state index contributed by atoms with van der Waals surface area (Å²) in [4.78, 5) is 0. The van der Waals surface area contributed by atoms with Crippen molar-refractivity contribution >= 4 is 0 Å². The quantitative estimate of drug-likeness (QED) is 0.523. The average Bonchev–Trinajstić information content (AvgIpc) is 2.34. The predicted molar refractivity (Wildman–Crippen MR) is 42.4 cm³/mol. The minimum atomic E-state index is -0.589. The Bertz CT molecular complexity index is 177. The van der Waals surface area contributed by atoms with Crippen molar-refractivity contribution in [2.45, 2.75) is 50.4 Å². The number of hydrogen-bond acceptors (Lipinski definition) is 4. The summed E-state index contributed by atoms with van der Waals surface area (Å²) in [6, 6.07) is -0.0909. The molecule has 0 radical (unpaired) electrons. The molecule has 70 valence electrons. The molecule has 0 spiro atoms. The first-order chi connectivity index (χ1) is 5.49. The molecule has 0 aromatic carbocycles. The standard InChI is InChI=1S/C8H15NO3/c1-8(2)11-6-4(9)3-5(10)7(6)12-8/h4-7,10H,3,9H2,1-2H3/t4-,5-,6+,7-/m0/s1. The molecule has 4 heteroatoms. The zero-order chi connectivity index (χ0) is 8.93. The highest BCUT2D eigenvalue weighted by atomic mass is 16.8. The largest absolute Gasteiger partial charge is 0.390 e. The van der Waals surface area contributed by atoms with Gasteiger partial charge in [-0.3, -0.25) is 0 Å². The third-order valence-corrected chi connectivity index (χ3v) is 2.48. The lowest BCUT2D eigenvalue weighted by molar-refractivity contribution is -0.163. The molecule has 3 N–H and O–H groups in total. The van der Waals surface area contributed by atoms with E-state index in [0.717, 1.165) is 0 Å². The molecule has 0 bridgehead atoms. The summed E-state index contributed by atoms with van der Waals surface area (Å²) in [7, 11) is 0. The first-order valence-electron chi connectivity index (χ1n) is 4.29. The van der Waals surface area contributed by atoms with Crippen molar-refractivity contribution in [3.8, 4) is 0 Å². The van der Waals surface area contributed by atoms with Gasteiger partial charge in [-0.15, -0.1) is 0 Å². The average molecular weight is 173 g/mol. The minimum absolute atomic E-state index is 0.0909. The van der Waals surface area contributed by atoms with Gasteiger partial charge in [0.15, 0.2) is 5.79 Å². The van der Waals surface area contributed by atoms with Crippen LogP contribution < -0.4 is 5.73 Å². The SMILES string of the molecule is CC1(C)O[C@@H]2[C@H](O1)[C@@H](N)C[C@@H]2O. The molecular weight excluding hydrogens is 158 g/mol. The van der Waals surface area contributed by atoms with E-state index in [1.54, 1.807) is 0 Å².